The SMILES string of the molecule is [SiH2]C1CCCCO1.[SnH]. The van der Waals surface area contributed by atoms with Gasteiger partial charge in [-0.1, -0.05) is 0 Å². The Bertz CT molecular complexity index is 54.4. The Balaban J connectivity index is 0.000000490. The van der Waals surface area contributed by atoms with Crippen molar-refractivity contribution in [2.45, 2.75) is 25.0 Å². The normalized spacial score (nSPS) is 28.9. The first kappa shape index (κ1) is 8.98. The Morgan fingerprint density at radius 1 is 1.38 bits per heavy atom. The van der Waals surface area contributed by atoms with Gasteiger partial charge in [-0.25, -0.2) is 0 Å². The molecular weight excluding hydrogens is 223 g/mol. The van der Waals surface area contributed by atoms with E-state index >= 15 is 0 Å². The van der Waals surface area contributed by atoms with Gasteiger partial charge in [0.15, 0.2) is 0 Å². The van der Waals surface area contributed by atoms with Crippen LogP contribution in [0.5, 0.6) is 0 Å². The van der Waals surface area contributed by atoms with Crippen molar-refractivity contribution in [3.8, 4) is 0 Å². The maximum absolute atomic E-state index is 5.29. The molecule has 1 aliphatic rings. The molecule has 0 aromatic heterocycles. The van der Waals surface area contributed by atoms with Crippen LogP contribution in [-0.4, -0.2) is 46.5 Å². The molecule has 1 heterocycles. The third-order valence-corrected chi connectivity index (χ3v) is 1.92. The van der Waals surface area contributed by atoms with Crippen molar-refractivity contribution in [2.75, 3.05) is 6.61 Å². The van der Waals surface area contributed by atoms with Gasteiger partial charge >= 0.3 is 23.9 Å². The fourth-order valence-electron chi connectivity index (χ4n) is 0.807. The van der Waals surface area contributed by atoms with Crippen LogP contribution in [0.2, 0.25) is 0 Å². The molecule has 8 heavy (non-hydrogen) atoms. The molecule has 46 valence electrons. The van der Waals surface area contributed by atoms with Crippen LogP contribution in [0.3, 0.4) is 0 Å². The minimum atomic E-state index is 0. The third kappa shape index (κ3) is 3.09. The third-order valence-electron chi connectivity index (χ3n) is 1.27. The van der Waals surface area contributed by atoms with E-state index in [0.717, 1.165) is 6.61 Å². The molecule has 1 fully saturated rings. The van der Waals surface area contributed by atoms with E-state index in [1.54, 1.807) is 0 Å². The molecule has 0 amide bonds. The predicted octanol–water partition coefficient (Wildman–Crippen LogP) is -0.502. The summed E-state index contributed by atoms with van der Waals surface area (Å²) in [7, 11) is 1.96. The summed E-state index contributed by atoms with van der Waals surface area (Å²) in [6.07, 6.45) is 3.92. The molecular formula is C5H12OSiSn. The van der Waals surface area contributed by atoms with Crippen molar-refractivity contribution < 1.29 is 4.74 Å². The molecule has 0 N–H and O–H groups in total. The molecule has 1 aliphatic heterocycles. The van der Waals surface area contributed by atoms with Crippen molar-refractivity contribution >= 4 is 34.2 Å². The van der Waals surface area contributed by atoms with Gasteiger partial charge in [-0.2, -0.15) is 0 Å². The zero-order valence-corrected chi connectivity index (χ0v) is 9.81. The Morgan fingerprint density at radius 2 is 2.12 bits per heavy atom. The van der Waals surface area contributed by atoms with Crippen molar-refractivity contribution in [2.24, 2.45) is 0 Å². The molecule has 0 aromatic rings. The van der Waals surface area contributed by atoms with Crippen LogP contribution in [0.4, 0.5) is 0 Å². The first-order valence-corrected chi connectivity index (χ1v) is 3.66. The molecule has 0 saturated carbocycles. The zero-order chi connectivity index (χ0) is 5.11. The average Bonchev–Trinajstić information content (AvgIpc) is 1.69. The van der Waals surface area contributed by atoms with E-state index in [2.05, 4.69) is 0 Å². The molecule has 0 spiro atoms. The predicted molar refractivity (Wildman–Crippen MR) is 39.3 cm³/mol. The molecule has 0 aliphatic carbocycles. The van der Waals surface area contributed by atoms with Gasteiger partial charge < -0.3 is 4.74 Å². The van der Waals surface area contributed by atoms with Gasteiger partial charge in [0.05, 0.1) is 0 Å². The van der Waals surface area contributed by atoms with Gasteiger partial charge in [-0.3, -0.25) is 0 Å². The Morgan fingerprint density at radius 3 is 2.38 bits per heavy atom. The van der Waals surface area contributed by atoms with Crippen molar-refractivity contribution in [3.63, 3.8) is 0 Å². The summed E-state index contributed by atoms with van der Waals surface area (Å²) in [6.45, 7) is 0.994. The van der Waals surface area contributed by atoms with Crippen molar-refractivity contribution in [1.29, 1.82) is 0 Å². The summed E-state index contributed by atoms with van der Waals surface area (Å²) in [5, 5.41) is 0. The topological polar surface area (TPSA) is 9.23 Å². The van der Waals surface area contributed by atoms with Crippen molar-refractivity contribution in [1.82, 2.24) is 0 Å². The van der Waals surface area contributed by atoms with E-state index in [1.807, 2.05) is 10.2 Å². The number of hydrogen-bond donors (Lipinski definition) is 0. The second kappa shape index (κ2) is 4.82. The molecule has 0 bridgehead atoms. The van der Waals surface area contributed by atoms with E-state index in [0.29, 0.717) is 5.73 Å². The summed E-state index contributed by atoms with van der Waals surface area (Å²) in [5.41, 5.74) is 0.564. The zero-order valence-electron chi connectivity index (χ0n) is 5.10. The Hall–Kier alpha value is 0.976. The first-order valence-electron chi connectivity index (χ1n) is 2.84. The van der Waals surface area contributed by atoms with Crippen LogP contribution >= 0.6 is 0 Å². The fraction of sp³-hybridized carbons (Fsp3) is 1.00. The number of hydrogen-bond acceptors (Lipinski definition) is 1. The van der Waals surface area contributed by atoms with Crippen LogP contribution in [-0.2, 0) is 4.74 Å². The second-order valence-electron chi connectivity index (χ2n) is 1.99. The van der Waals surface area contributed by atoms with Gasteiger partial charge in [0, 0.05) is 22.6 Å². The molecule has 1 rings (SSSR count). The van der Waals surface area contributed by atoms with E-state index in [4.69, 9.17) is 4.74 Å². The molecule has 0 aromatic carbocycles. The van der Waals surface area contributed by atoms with Crippen LogP contribution < -0.4 is 0 Å². The maximum atomic E-state index is 5.29. The van der Waals surface area contributed by atoms with Gasteiger partial charge in [0.2, 0.25) is 0 Å². The Labute approximate surface area is 70.6 Å². The summed E-state index contributed by atoms with van der Waals surface area (Å²) in [4.78, 5) is 0. The number of ether oxygens (including phenoxy) is 1. The van der Waals surface area contributed by atoms with Crippen LogP contribution in [0.1, 0.15) is 19.3 Å². The van der Waals surface area contributed by atoms with Crippen LogP contribution in [0, 0.1) is 0 Å². The molecule has 3 heteroatoms. The number of rotatable bonds is 0. The monoisotopic (exact) mass is 236 g/mol. The average molecular weight is 235 g/mol. The fourth-order valence-corrected chi connectivity index (χ4v) is 1.26. The van der Waals surface area contributed by atoms with Crippen molar-refractivity contribution in [3.05, 3.63) is 0 Å². The standard InChI is InChI=1S/C5H11OSi.Sn.H/c7-5-3-1-2-4-6-5;;/h5H,1-4,7H2;;. The summed E-state index contributed by atoms with van der Waals surface area (Å²) in [5.74, 6) is 0. The van der Waals surface area contributed by atoms with E-state index in [1.165, 1.54) is 19.3 Å². The summed E-state index contributed by atoms with van der Waals surface area (Å²) >= 11 is 0. The van der Waals surface area contributed by atoms with Gasteiger partial charge in [0.1, 0.15) is 0 Å². The van der Waals surface area contributed by atoms with Gasteiger partial charge in [0.25, 0.3) is 0 Å². The Kier molecular flexibility index (Phi) is 5.40. The second-order valence-corrected chi connectivity index (χ2v) is 2.90. The van der Waals surface area contributed by atoms with E-state index in [-0.39, 0.29) is 23.9 Å². The van der Waals surface area contributed by atoms with Gasteiger partial charge in [-0.15, -0.1) is 0 Å². The van der Waals surface area contributed by atoms with Crippen LogP contribution in [0.25, 0.3) is 0 Å². The van der Waals surface area contributed by atoms with E-state index in [9.17, 15) is 0 Å². The van der Waals surface area contributed by atoms with Crippen LogP contribution in [0.15, 0.2) is 0 Å². The quantitative estimate of drug-likeness (QED) is 0.514. The molecule has 4 radical (unpaired) electrons. The molecule has 1 atom stereocenters. The summed E-state index contributed by atoms with van der Waals surface area (Å²) in [6, 6.07) is 0. The molecule has 1 unspecified atom stereocenters. The van der Waals surface area contributed by atoms with Gasteiger partial charge in [-0.05, 0) is 19.3 Å². The molecule has 1 nitrogen and oxygen atoms in total. The minimum absolute atomic E-state index is 0. The summed E-state index contributed by atoms with van der Waals surface area (Å²) < 4.78 is 5.29. The molecule has 1 saturated heterocycles. The van der Waals surface area contributed by atoms with E-state index < -0.39 is 0 Å². The first-order chi connectivity index (χ1) is 3.39.